The molecule has 4 rings (SSSR count). The van der Waals surface area contributed by atoms with Crippen molar-refractivity contribution in [3.8, 4) is 11.3 Å². The molecule has 2 aromatic heterocycles. The minimum Gasteiger partial charge on any atom is -0.308 e. The molecule has 0 spiro atoms. The summed E-state index contributed by atoms with van der Waals surface area (Å²) in [7, 11) is 0. The van der Waals surface area contributed by atoms with Gasteiger partial charge in [0.05, 0.1) is 12.2 Å². The summed E-state index contributed by atoms with van der Waals surface area (Å²) < 4.78 is 16.3. The molecule has 0 amide bonds. The van der Waals surface area contributed by atoms with Crippen LogP contribution in [-0.4, -0.2) is 14.2 Å². The van der Waals surface area contributed by atoms with Crippen molar-refractivity contribution < 1.29 is 4.39 Å². The number of aromatic nitrogens is 3. The second-order valence-corrected chi connectivity index (χ2v) is 6.09. The zero-order valence-electron chi connectivity index (χ0n) is 13.7. The van der Waals surface area contributed by atoms with Gasteiger partial charge in [0.1, 0.15) is 11.3 Å². The first-order valence-electron chi connectivity index (χ1n) is 8.00. The lowest BCUT2D eigenvalue weighted by molar-refractivity contribution is 0.628. The highest BCUT2D eigenvalue weighted by atomic mass is 19.1. The van der Waals surface area contributed by atoms with Gasteiger partial charge in [-0.2, -0.15) is 5.10 Å². The number of nitrogens with zero attached hydrogens (tertiary/aromatic N) is 3. The molecule has 0 unspecified atom stereocenters. The van der Waals surface area contributed by atoms with Crippen LogP contribution in [0.25, 0.3) is 16.8 Å². The number of halogens is 1. The number of rotatable bonds is 3. The lowest BCUT2D eigenvalue weighted by atomic mass is 10.1. The lowest BCUT2D eigenvalue weighted by Crippen LogP contribution is -2.21. The summed E-state index contributed by atoms with van der Waals surface area (Å²) in [5.41, 5.74) is 4.04. The minimum absolute atomic E-state index is 0.107. The predicted molar refractivity (Wildman–Crippen MR) is 95.1 cm³/mol. The topological polar surface area (TPSA) is 39.3 Å². The molecule has 0 saturated heterocycles. The summed E-state index contributed by atoms with van der Waals surface area (Å²) in [6.07, 6.45) is 3.50. The third kappa shape index (κ3) is 2.96. The lowest BCUT2D eigenvalue weighted by Gasteiger charge is -2.06. The molecule has 4 aromatic rings. The number of benzene rings is 2. The van der Waals surface area contributed by atoms with Crippen molar-refractivity contribution in [2.24, 2.45) is 0 Å². The second kappa shape index (κ2) is 6.02. The van der Waals surface area contributed by atoms with Crippen LogP contribution < -0.4 is 5.56 Å². The normalized spacial score (nSPS) is 11.1. The Hall–Kier alpha value is -3.21. The molecule has 0 aliphatic rings. The van der Waals surface area contributed by atoms with E-state index in [1.54, 1.807) is 39.7 Å². The van der Waals surface area contributed by atoms with Crippen molar-refractivity contribution in [2.45, 2.75) is 13.5 Å². The average molecular weight is 333 g/mol. The van der Waals surface area contributed by atoms with Crippen LogP contribution in [0.4, 0.5) is 4.39 Å². The van der Waals surface area contributed by atoms with Gasteiger partial charge in [-0.25, -0.2) is 8.91 Å². The van der Waals surface area contributed by atoms with Crippen molar-refractivity contribution in [3.63, 3.8) is 0 Å². The highest BCUT2D eigenvalue weighted by Gasteiger charge is 2.09. The van der Waals surface area contributed by atoms with Crippen LogP contribution in [0.15, 0.2) is 71.8 Å². The molecule has 0 N–H and O–H groups in total. The number of hydrogen-bond donors (Lipinski definition) is 0. The summed E-state index contributed by atoms with van der Waals surface area (Å²) in [4.78, 5) is 12.8. The van der Waals surface area contributed by atoms with Gasteiger partial charge in [-0.15, -0.1) is 0 Å². The maximum absolute atomic E-state index is 13.1. The number of fused-ring (bicyclic) bond motifs is 1. The molecule has 5 heteroatoms. The quantitative estimate of drug-likeness (QED) is 0.574. The van der Waals surface area contributed by atoms with Crippen LogP contribution in [0.5, 0.6) is 0 Å². The standard InChI is InChI=1S/C20H16FN3O/c1-14-3-2-4-15(11-14)13-23-9-10-24-19(20(23)25)12-18(22-24)16-5-7-17(21)8-6-16/h2-12H,13H2,1H3. The molecule has 2 heterocycles. The Labute approximate surface area is 143 Å². The van der Waals surface area contributed by atoms with E-state index < -0.39 is 0 Å². The Kier molecular flexibility index (Phi) is 3.69. The Morgan fingerprint density at radius 1 is 1.04 bits per heavy atom. The van der Waals surface area contributed by atoms with E-state index in [1.807, 2.05) is 25.1 Å². The molecule has 0 fully saturated rings. The Balaban J connectivity index is 1.75. The van der Waals surface area contributed by atoms with Crippen LogP contribution in [-0.2, 0) is 6.54 Å². The van der Waals surface area contributed by atoms with Gasteiger partial charge in [-0.1, -0.05) is 29.8 Å². The third-order valence-corrected chi connectivity index (χ3v) is 4.18. The van der Waals surface area contributed by atoms with Gasteiger partial charge in [0, 0.05) is 18.0 Å². The van der Waals surface area contributed by atoms with Gasteiger partial charge in [0.15, 0.2) is 0 Å². The molecule has 4 nitrogen and oxygen atoms in total. The maximum Gasteiger partial charge on any atom is 0.276 e. The molecule has 0 atom stereocenters. The third-order valence-electron chi connectivity index (χ3n) is 4.18. The molecule has 0 aliphatic heterocycles. The first-order chi connectivity index (χ1) is 12.1. The zero-order chi connectivity index (χ0) is 17.4. The smallest absolute Gasteiger partial charge is 0.276 e. The summed E-state index contributed by atoms with van der Waals surface area (Å²) in [6.45, 7) is 2.54. The van der Waals surface area contributed by atoms with Crippen molar-refractivity contribution in [1.29, 1.82) is 0 Å². The van der Waals surface area contributed by atoms with Gasteiger partial charge >= 0.3 is 0 Å². The molecule has 25 heavy (non-hydrogen) atoms. The van der Waals surface area contributed by atoms with Crippen LogP contribution in [0, 0.1) is 12.7 Å². The van der Waals surface area contributed by atoms with Crippen molar-refractivity contribution >= 4 is 5.52 Å². The molecule has 0 aliphatic carbocycles. The molecule has 124 valence electrons. The van der Waals surface area contributed by atoms with E-state index in [4.69, 9.17) is 0 Å². The van der Waals surface area contributed by atoms with Gasteiger partial charge in [0.2, 0.25) is 0 Å². The molecular formula is C20H16FN3O. The molecule has 2 aromatic carbocycles. The van der Waals surface area contributed by atoms with E-state index in [9.17, 15) is 9.18 Å². The van der Waals surface area contributed by atoms with Gasteiger partial charge in [0.25, 0.3) is 5.56 Å². The van der Waals surface area contributed by atoms with Crippen molar-refractivity contribution in [2.75, 3.05) is 0 Å². The summed E-state index contributed by atoms with van der Waals surface area (Å²) >= 11 is 0. The van der Waals surface area contributed by atoms with E-state index in [0.29, 0.717) is 17.8 Å². The summed E-state index contributed by atoms with van der Waals surface area (Å²) in [5.74, 6) is -0.298. The summed E-state index contributed by atoms with van der Waals surface area (Å²) in [6, 6.07) is 15.9. The van der Waals surface area contributed by atoms with Gasteiger partial charge in [-0.05, 0) is 42.8 Å². The van der Waals surface area contributed by atoms with E-state index in [2.05, 4.69) is 11.2 Å². The molecule has 0 saturated carbocycles. The Bertz CT molecular complexity index is 1110. The van der Waals surface area contributed by atoms with Crippen molar-refractivity contribution in [1.82, 2.24) is 14.2 Å². The van der Waals surface area contributed by atoms with E-state index in [1.165, 1.54) is 12.1 Å². The SMILES string of the molecule is Cc1cccc(Cn2ccn3nc(-c4ccc(F)cc4)cc3c2=O)c1. The maximum atomic E-state index is 13.1. The van der Waals surface area contributed by atoms with E-state index in [-0.39, 0.29) is 11.4 Å². The first-order valence-corrected chi connectivity index (χ1v) is 8.00. The highest BCUT2D eigenvalue weighted by Crippen LogP contribution is 2.18. The van der Waals surface area contributed by atoms with Crippen LogP contribution in [0.1, 0.15) is 11.1 Å². The Morgan fingerprint density at radius 2 is 1.84 bits per heavy atom. The van der Waals surface area contributed by atoms with Crippen molar-refractivity contribution in [3.05, 3.63) is 94.3 Å². The van der Waals surface area contributed by atoms with Gasteiger partial charge < -0.3 is 4.57 Å². The second-order valence-electron chi connectivity index (χ2n) is 6.09. The largest absolute Gasteiger partial charge is 0.308 e. The molecule has 0 bridgehead atoms. The average Bonchev–Trinajstić information content (AvgIpc) is 3.03. The number of aryl methyl sites for hydroxylation is 1. The fourth-order valence-electron chi connectivity index (χ4n) is 2.92. The van der Waals surface area contributed by atoms with Gasteiger partial charge in [-0.3, -0.25) is 4.79 Å². The highest BCUT2D eigenvalue weighted by molar-refractivity contribution is 5.65. The summed E-state index contributed by atoms with van der Waals surface area (Å²) in [5, 5.41) is 4.42. The number of hydrogen-bond acceptors (Lipinski definition) is 2. The van der Waals surface area contributed by atoms with E-state index in [0.717, 1.165) is 16.7 Å². The molecular weight excluding hydrogens is 317 g/mol. The fourth-order valence-corrected chi connectivity index (χ4v) is 2.92. The Morgan fingerprint density at radius 3 is 2.60 bits per heavy atom. The van der Waals surface area contributed by atoms with Crippen LogP contribution >= 0.6 is 0 Å². The predicted octanol–water partition coefficient (Wildman–Crippen LogP) is 3.66. The fraction of sp³-hybridized carbons (Fsp3) is 0.100. The van der Waals surface area contributed by atoms with Crippen LogP contribution in [0.2, 0.25) is 0 Å². The monoisotopic (exact) mass is 333 g/mol. The molecule has 0 radical (unpaired) electrons. The minimum atomic E-state index is -0.298. The zero-order valence-corrected chi connectivity index (χ0v) is 13.7. The van der Waals surface area contributed by atoms with Crippen LogP contribution in [0.3, 0.4) is 0 Å². The first kappa shape index (κ1) is 15.3. The van der Waals surface area contributed by atoms with E-state index >= 15 is 0 Å².